The van der Waals surface area contributed by atoms with Gasteiger partial charge in [-0.25, -0.2) is 0 Å². The van der Waals surface area contributed by atoms with Gasteiger partial charge >= 0.3 is 5.97 Å². The second-order valence-electron chi connectivity index (χ2n) is 8.45. The highest BCUT2D eigenvalue weighted by molar-refractivity contribution is 5.84. The first kappa shape index (κ1) is 25.9. The van der Waals surface area contributed by atoms with Gasteiger partial charge in [-0.2, -0.15) is 0 Å². The molecule has 170 valence electrons. The summed E-state index contributed by atoms with van der Waals surface area (Å²) in [4.78, 5) is 38.8. The minimum atomic E-state index is -0.976. The Morgan fingerprint density at radius 2 is 1.73 bits per heavy atom. The standard InChI is InChI=1S/C24H40N2O4/c1-4-6-9-15-20(17-22(27)28)23(29)25-18-21(19-13-10-8-11-14-19)24(30)26(3)16-12-7-5-2/h4-5,19-21H,1-2,6-18H2,3H3,(H,25,29)(H,27,28)/t20-,21+/m1/s1. The highest BCUT2D eigenvalue weighted by Crippen LogP contribution is 2.31. The van der Waals surface area contributed by atoms with E-state index in [1.165, 1.54) is 6.42 Å². The van der Waals surface area contributed by atoms with Crippen LogP contribution in [-0.2, 0) is 14.4 Å². The molecule has 1 rings (SSSR count). The van der Waals surface area contributed by atoms with Crippen molar-refractivity contribution in [2.24, 2.45) is 17.8 Å². The van der Waals surface area contributed by atoms with Gasteiger partial charge in [0, 0.05) is 26.1 Å². The lowest BCUT2D eigenvalue weighted by molar-refractivity contribution is -0.142. The molecule has 0 aromatic carbocycles. The first-order valence-corrected chi connectivity index (χ1v) is 11.4. The molecule has 6 nitrogen and oxygen atoms in total. The van der Waals surface area contributed by atoms with E-state index in [4.69, 9.17) is 5.11 Å². The predicted molar refractivity (Wildman–Crippen MR) is 120 cm³/mol. The van der Waals surface area contributed by atoms with Crippen LogP contribution < -0.4 is 5.32 Å². The number of nitrogens with zero attached hydrogens (tertiary/aromatic N) is 1. The normalized spacial score (nSPS) is 16.3. The van der Waals surface area contributed by atoms with Gasteiger partial charge in [0.25, 0.3) is 0 Å². The van der Waals surface area contributed by atoms with Crippen LogP contribution in [0.1, 0.15) is 70.6 Å². The van der Waals surface area contributed by atoms with Gasteiger partial charge in [-0.1, -0.05) is 31.4 Å². The third kappa shape index (κ3) is 9.59. The van der Waals surface area contributed by atoms with Crippen LogP contribution in [0, 0.1) is 17.8 Å². The molecule has 0 bridgehead atoms. The Balaban J connectivity index is 2.77. The third-order valence-corrected chi connectivity index (χ3v) is 6.06. The average molecular weight is 421 g/mol. The molecule has 6 heteroatoms. The molecular weight excluding hydrogens is 380 g/mol. The van der Waals surface area contributed by atoms with E-state index in [0.29, 0.717) is 13.0 Å². The number of allylic oxidation sites excluding steroid dienone is 2. The Kier molecular flexibility index (Phi) is 12.8. The third-order valence-electron chi connectivity index (χ3n) is 6.06. The van der Waals surface area contributed by atoms with Gasteiger partial charge < -0.3 is 15.3 Å². The number of nitrogens with one attached hydrogen (secondary N) is 1. The van der Waals surface area contributed by atoms with Crippen LogP contribution in [-0.4, -0.2) is 47.9 Å². The largest absolute Gasteiger partial charge is 0.481 e. The van der Waals surface area contributed by atoms with Crippen molar-refractivity contribution >= 4 is 17.8 Å². The Hall–Kier alpha value is -2.11. The van der Waals surface area contributed by atoms with Gasteiger partial charge in [-0.05, 0) is 50.9 Å². The topological polar surface area (TPSA) is 86.7 Å². The first-order valence-electron chi connectivity index (χ1n) is 11.4. The van der Waals surface area contributed by atoms with E-state index in [0.717, 1.165) is 51.4 Å². The van der Waals surface area contributed by atoms with E-state index in [-0.39, 0.29) is 36.6 Å². The van der Waals surface area contributed by atoms with Crippen molar-refractivity contribution in [1.82, 2.24) is 10.2 Å². The van der Waals surface area contributed by atoms with Gasteiger partial charge in [0.1, 0.15) is 0 Å². The summed E-state index contributed by atoms with van der Waals surface area (Å²) < 4.78 is 0. The van der Waals surface area contributed by atoms with Crippen molar-refractivity contribution in [2.45, 2.75) is 70.6 Å². The fourth-order valence-electron chi connectivity index (χ4n) is 4.26. The van der Waals surface area contributed by atoms with E-state index in [2.05, 4.69) is 18.5 Å². The lowest BCUT2D eigenvalue weighted by Gasteiger charge is -2.32. The van der Waals surface area contributed by atoms with Gasteiger partial charge in [0.05, 0.1) is 12.3 Å². The molecule has 0 saturated heterocycles. The van der Waals surface area contributed by atoms with Gasteiger partial charge in [0.2, 0.25) is 11.8 Å². The highest BCUT2D eigenvalue weighted by atomic mass is 16.4. The van der Waals surface area contributed by atoms with Crippen LogP contribution in [0.3, 0.4) is 0 Å². The zero-order chi connectivity index (χ0) is 22.4. The molecule has 0 spiro atoms. The molecular formula is C24H40N2O4. The number of hydrogen-bond donors (Lipinski definition) is 2. The zero-order valence-corrected chi connectivity index (χ0v) is 18.6. The number of carbonyl (C=O) groups is 3. The Bertz CT molecular complexity index is 570. The number of carbonyl (C=O) groups excluding carboxylic acids is 2. The smallest absolute Gasteiger partial charge is 0.304 e. The highest BCUT2D eigenvalue weighted by Gasteiger charge is 2.32. The Morgan fingerprint density at radius 1 is 1.10 bits per heavy atom. The van der Waals surface area contributed by atoms with E-state index in [1.807, 2.05) is 13.1 Å². The Labute approximate surface area is 181 Å². The van der Waals surface area contributed by atoms with Gasteiger partial charge in [-0.3, -0.25) is 14.4 Å². The number of amides is 2. The molecule has 30 heavy (non-hydrogen) atoms. The molecule has 0 unspecified atom stereocenters. The molecule has 1 fully saturated rings. The number of carboxylic acid groups (broad SMARTS) is 1. The van der Waals surface area contributed by atoms with Crippen molar-refractivity contribution < 1.29 is 19.5 Å². The van der Waals surface area contributed by atoms with Crippen molar-refractivity contribution in [2.75, 3.05) is 20.1 Å². The molecule has 1 saturated carbocycles. The van der Waals surface area contributed by atoms with Crippen LogP contribution in [0.4, 0.5) is 0 Å². The van der Waals surface area contributed by atoms with Gasteiger partial charge in [-0.15, -0.1) is 13.2 Å². The molecule has 2 atom stereocenters. The number of carboxylic acids is 1. The lowest BCUT2D eigenvalue weighted by atomic mass is 9.79. The second kappa shape index (κ2) is 14.8. The molecule has 0 radical (unpaired) electrons. The maximum atomic E-state index is 13.2. The number of unbranched alkanes of at least 4 members (excludes halogenated alkanes) is 2. The molecule has 0 heterocycles. The predicted octanol–water partition coefficient (Wildman–Crippen LogP) is 4.17. The van der Waals surface area contributed by atoms with Crippen LogP contribution in [0.2, 0.25) is 0 Å². The number of aliphatic carboxylic acids is 1. The van der Waals surface area contributed by atoms with Gasteiger partial charge in [0.15, 0.2) is 0 Å². The van der Waals surface area contributed by atoms with Crippen LogP contribution >= 0.6 is 0 Å². The fraction of sp³-hybridized carbons (Fsp3) is 0.708. The number of rotatable bonds is 15. The summed E-state index contributed by atoms with van der Waals surface area (Å²) >= 11 is 0. The minimum absolute atomic E-state index is 0.0766. The summed E-state index contributed by atoms with van der Waals surface area (Å²) in [6.45, 7) is 8.35. The summed E-state index contributed by atoms with van der Waals surface area (Å²) in [7, 11) is 1.82. The molecule has 2 amide bonds. The zero-order valence-electron chi connectivity index (χ0n) is 18.6. The average Bonchev–Trinajstić information content (AvgIpc) is 2.73. The molecule has 0 aliphatic heterocycles. The van der Waals surface area contributed by atoms with Crippen LogP contribution in [0.5, 0.6) is 0 Å². The quantitative estimate of drug-likeness (QED) is 0.307. The fourth-order valence-corrected chi connectivity index (χ4v) is 4.26. The minimum Gasteiger partial charge on any atom is -0.481 e. The molecule has 1 aliphatic carbocycles. The van der Waals surface area contributed by atoms with Crippen molar-refractivity contribution in [1.29, 1.82) is 0 Å². The second-order valence-corrected chi connectivity index (χ2v) is 8.45. The van der Waals surface area contributed by atoms with Crippen molar-refractivity contribution in [3.05, 3.63) is 25.3 Å². The first-order chi connectivity index (χ1) is 14.4. The molecule has 0 aromatic rings. The molecule has 2 N–H and O–H groups in total. The lowest BCUT2D eigenvalue weighted by Crippen LogP contribution is -2.45. The van der Waals surface area contributed by atoms with Crippen molar-refractivity contribution in [3.63, 3.8) is 0 Å². The summed E-state index contributed by atoms with van der Waals surface area (Å²) in [6, 6.07) is 0. The van der Waals surface area contributed by atoms with E-state index >= 15 is 0 Å². The SMILES string of the molecule is C=CCCC[C@H](CC(=O)O)C(=O)NC[C@H](C(=O)N(C)CCCC=C)C1CCCCC1. The molecule has 0 aromatic heterocycles. The summed E-state index contributed by atoms with van der Waals surface area (Å²) in [5.41, 5.74) is 0. The van der Waals surface area contributed by atoms with Crippen LogP contribution in [0.15, 0.2) is 25.3 Å². The van der Waals surface area contributed by atoms with E-state index < -0.39 is 11.9 Å². The summed E-state index contributed by atoms with van der Waals surface area (Å²) in [5.74, 6) is -1.71. The van der Waals surface area contributed by atoms with Crippen molar-refractivity contribution in [3.8, 4) is 0 Å². The maximum Gasteiger partial charge on any atom is 0.304 e. The van der Waals surface area contributed by atoms with Crippen LogP contribution in [0.25, 0.3) is 0 Å². The Morgan fingerprint density at radius 3 is 2.33 bits per heavy atom. The maximum absolute atomic E-state index is 13.2. The van der Waals surface area contributed by atoms with E-state index in [9.17, 15) is 14.4 Å². The number of hydrogen-bond acceptors (Lipinski definition) is 3. The van der Waals surface area contributed by atoms with E-state index in [1.54, 1.807) is 11.0 Å². The monoisotopic (exact) mass is 420 g/mol. The summed E-state index contributed by atoms with van der Waals surface area (Å²) in [5, 5.41) is 12.1. The molecule has 1 aliphatic rings. The summed E-state index contributed by atoms with van der Waals surface area (Å²) in [6.07, 6.45) is 12.6.